The second kappa shape index (κ2) is 10.6. The van der Waals surface area contributed by atoms with Gasteiger partial charge < -0.3 is 10.1 Å². The number of imide groups is 1. The number of carbonyl (C=O) groups is 3. The summed E-state index contributed by atoms with van der Waals surface area (Å²) in [6.07, 6.45) is 3.66. The summed E-state index contributed by atoms with van der Waals surface area (Å²) in [4.78, 5) is 36.6. The molecule has 3 amide bonds. The Morgan fingerprint density at radius 2 is 1.61 bits per heavy atom. The molecule has 3 rings (SSSR count). The normalized spacial score (nSPS) is 23.0. The molecule has 1 aromatic carbocycles. The van der Waals surface area contributed by atoms with E-state index in [4.69, 9.17) is 4.74 Å². The van der Waals surface area contributed by atoms with Gasteiger partial charge in [0, 0.05) is 19.1 Å². The first-order chi connectivity index (χ1) is 15.6. The number of carbonyl (C=O) groups excluding carboxylic acids is 3. The van der Waals surface area contributed by atoms with Crippen LogP contribution in [-0.2, 0) is 19.6 Å². The van der Waals surface area contributed by atoms with Crippen LogP contribution in [0.1, 0.15) is 63.2 Å². The molecule has 1 heterocycles. The van der Waals surface area contributed by atoms with E-state index in [1.165, 1.54) is 35.5 Å². The van der Waals surface area contributed by atoms with Gasteiger partial charge in [0.05, 0.1) is 10.5 Å². The van der Waals surface area contributed by atoms with Crippen LogP contribution < -0.4 is 10.6 Å². The molecule has 1 saturated carbocycles. The van der Waals surface area contributed by atoms with Crippen molar-refractivity contribution in [2.75, 3.05) is 13.1 Å². The van der Waals surface area contributed by atoms with E-state index < -0.39 is 34.0 Å². The van der Waals surface area contributed by atoms with Gasteiger partial charge in [0.25, 0.3) is 5.91 Å². The van der Waals surface area contributed by atoms with Crippen LogP contribution in [0.2, 0.25) is 0 Å². The molecule has 0 bridgehead atoms. The van der Waals surface area contributed by atoms with Crippen molar-refractivity contribution in [3.63, 3.8) is 0 Å². The molecule has 2 N–H and O–H groups in total. The summed E-state index contributed by atoms with van der Waals surface area (Å²) in [5, 5.41) is 4.91. The van der Waals surface area contributed by atoms with Crippen LogP contribution in [0.15, 0.2) is 29.2 Å². The lowest BCUT2D eigenvalue weighted by Crippen LogP contribution is -2.47. The summed E-state index contributed by atoms with van der Waals surface area (Å²) in [5.41, 5.74) is 0.115. The van der Waals surface area contributed by atoms with Crippen molar-refractivity contribution >= 4 is 27.9 Å². The van der Waals surface area contributed by atoms with Gasteiger partial charge in [-0.05, 0) is 62.3 Å². The Bertz CT molecular complexity index is 962. The summed E-state index contributed by atoms with van der Waals surface area (Å²) in [6.45, 7) is 6.38. The van der Waals surface area contributed by atoms with Crippen LogP contribution >= 0.6 is 0 Å². The maximum atomic E-state index is 13.0. The van der Waals surface area contributed by atoms with Crippen molar-refractivity contribution in [1.82, 2.24) is 14.9 Å². The fourth-order valence-electron chi connectivity index (χ4n) is 4.50. The van der Waals surface area contributed by atoms with Crippen molar-refractivity contribution in [2.45, 2.75) is 69.9 Å². The number of ether oxygens (including phenoxy) is 1. The molecule has 0 radical (unpaired) electrons. The van der Waals surface area contributed by atoms with Gasteiger partial charge in [-0.1, -0.05) is 26.7 Å². The van der Waals surface area contributed by atoms with E-state index in [-0.39, 0.29) is 28.3 Å². The van der Waals surface area contributed by atoms with Crippen LogP contribution in [0.25, 0.3) is 0 Å². The highest BCUT2D eigenvalue weighted by Gasteiger charge is 2.32. The van der Waals surface area contributed by atoms with Gasteiger partial charge in [0.2, 0.25) is 10.0 Å². The van der Waals surface area contributed by atoms with Gasteiger partial charge >= 0.3 is 12.0 Å². The predicted molar refractivity (Wildman–Crippen MR) is 122 cm³/mol. The lowest BCUT2D eigenvalue weighted by Gasteiger charge is -2.34. The first-order valence-corrected chi connectivity index (χ1v) is 12.9. The lowest BCUT2D eigenvalue weighted by atomic mass is 9.94. The quantitative estimate of drug-likeness (QED) is 0.605. The summed E-state index contributed by atoms with van der Waals surface area (Å²) < 4.78 is 32.6. The maximum absolute atomic E-state index is 13.0. The Kier molecular flexibility index (Phi) is 8.12. The number of urea groups is 1. The van der Waals surface area contributed by atoms with Crippen molar-refractivity contribution in [1.29, 1.82) is 0 Å². The second-order valence-corrected chi connectivity index (χ2v) is 11.2. The van der Waals surface area contributed by atoms with Crippen LogP contribution in [0.3, 0.4) is 0 Å². The van der Waals surface area contributed by atoms with Gasteiger partial charge in [-0.2, -0.15) is 4.31 Å². The van der Waals surface area contributed by atoms with Gasteiger partial charge in [-0.15, -0.1) is 0 Å². The molecule has 10 heteroatoms. The molecule has 0 aromatic heterocycles. The number of rotatable bonds is 6. The van der Waals surface area contributed by atoms with Gasteiger partial charge in [-0.3, -0.25) is 10.1 Å². The summed E-state index contributed by atoms with van der Waals surface area (Å²) in [5.74, 6) is -0.944. The lowest BCUT2D eigenvalue weighted by molar-refractivity contribution is -0.127. The van der Waals surface area contributed by atoms with E-state index in [0.29, 0.717) is 13.1 Å². The zero-order valence-corrected chi connectivity index (χ0v) is 20.2. The van der Waals surface area contributed by atoms with Crippen LogP contribution in [0, 0.1) is 11.8 Å². The van der Waals surface area contributed by atoms with Crippen molar-refractivity contribution in [3.05, 3.63) is 29.8 Å². The maximum Gasteiger partial charge on any atom is 0.338 e. The topological polar surface area (TPSA) is 122 Å². The molecule has 1 aliphatic carbocycles. The summed E-state index contributed by atoms with van der Waals surface area (Å²) in [7, 11) is -3.66. The molecule has 3 unspecified atom stereocenters. The molecule has 1 aromatic rings. The van der Waals surface area contributed by atoms with E-state index >= 15 is 0 Å². The van der Waals surface area contributed by atoms with Gasteiger partial charge in [0.1, 0.15) is 0 Å². The molecular formula is C23H33N3O6S. The average molecular weight is 480 g/mol. The number of amides is 3. The van der Waals surface area contributed by atoms with Crippen molar-refractivity contribution in [2.24, 2.45) is 11.8 Å². The second-order valence-electron chi connectivity index (χ2n) is 9.28. The molecule has 2 aliphatic rings. The summed E-state index contributed by atoms with van der Waals surface area (Å²) >= 11 is 0. The molecular weight excluding hydrogens is 446 g/mol. The van der Waals surface area contributed by atoms with Crippen molar-refractivity contribution in [3.8, 4) is 0 Å². The SMILES string of the molecule is CC1CC(C)CN(S(=O)(=O)c2ccc(C(=O)OC(C)C(=O)NC(=O)NC3CCCC3)cc2)C1. The van der Waals surface area contributed by atoms with Crippen molar-refractivity contribution < 1.29 is 27.5 Å². The number of piperidine rings is 1. The third-order valence-corrected chi connectivity index (χ3v) is 7.99. The third-order valence-electron chi connectivity index (χ3n) is 6.14. The molecule has 182 valence electrons. The Morgan fingerprint density at radius 1 is 1.03 bits per heavy atom. The predicted octanol–water partition coefficient (Wildman–Crippen LogP) is 2.67. The van der Waals surface area contributed by atoms with Crippen LogP contribution in [0.5, 0.6) is 0 Å². The molecule has 2 fully saturated rings. The van der Waals surface area contributed by atoms with E-state index in [0.717, 1.165) is 32.1 Å². The first-order valence-electron chi connectivity index (χ1n) is 11.5. The number of nitrogens with zero attached hydrogens (tertiary/aromatic N) is 1. The van der Waals surface area contributed by atoms with E-state index in [2.05, 4.69) is 10.6 Å². The number of hydrogen-bond donors (Lipinski definition) is 2. The Balaban J connectivity index is 1.56. The number of nitrogens with one attached hydrogen (secondary N) is 2. The van der Waals surface area contributed by atoms with Crippen LogP contribution in [-0.4, -0.2) is 55.9 Å². The highest BCUT2D eigenvalue weighted by molar-refractivity contribution is 7.89. The minimum absolute atomic E-state index is 0.0572. The number of benzene rings is 1. The smallest absolute Gasteiger partial charge is 0.338 e. The fraction of sp³-hybridized carbons (Fsp3) is 0.609. The van der Waals surface area contributed by atoms with E-state index in [9.17, 15) is 22.8 Å². The molecule has 1 aliphatic heterocycles. The van der Waals surface area contributed by atoms with E-state index in [1.54, 1.807) is 0 Å². The minimum Gasteiger partial charge on any atom is -0.449 e. The number of sulfonamides is 1. The highest BCUT2D eigenvalue weighted by Crippen LogP contribution is 2.27. The first kappa shape index (κ1) is 25.2. The fourth-order valence-corrected chi connectivity index (χ4v) is 6.18. The Morgan fingerprint density at radius 3 is 2.18 bits per heavy atom. The molecule has 1 saturated heterocycles. The van der Waals surface area contributed by atoms with Gasteiger partial charge in [-0.25, -0.2) is 18.0 Å². The number of esters is 1. The molecule has 3 atom stereocenters. The number of hydrogen-bond acceptors (Lipinski definition) is 6. The van der Waals surface area contributed by atoms with Crippen LogP contribution in [0.4, 0.5) is 4.79 Å². The zero-order valence-electron chi connectivity index (χ0n) is 19.4. The standard InChI is InChI=1S/C23H33N3O6S/c1-15-12-16(2)14-26(13-15)33(30,31)20-10-8-18(9-11-20)22(28)32-17(3)21(27)25-23(29)24-19-6-4-5-7-19/h8-11,15-17,19H,4-7,12-14H2,1-3H3,(H2,24,25,27,29). The Labute approximate surface area is 195 Å². The molecule has 9 nitrogen and oxygen atoms in total. The average Bonchev–Trinajstić information content (AvgIpc) is 3.25. The monoisotopic (exact) mass is 479 g/mol. The largest absolute Gasteiger partial charge is 0.449 e. The zero-order chi connectivity index (χ0) is 24.2. The van der Waals surface area contributed by atoms with E-state index in [1.807, 2.05) is 13.8 Å². The summed E-state index contributed by atoms with van der Waals surface area (Å²) in [6, 6.07) is 4.92. The minimum atomic E-state index is -3.66. The Hall–Kier alpha value is -2.46. The molecule has 33 heavy (non-hydrogen) atoms. The highest BCUT2D eigenvalue weighted by atomic mass is 32.2. The van der Waals surface area contributed by atoms with Gasteiger partial charge in [0.15, 0.2) is 6.10 Å². The molecule has 0 spiro atoms. The third kappa shape index (κ3) is 6.54.